The van der Waals surface area contributed by atoms with Gasteiger partial charge in [0.2, 0.25) is 0 Å². The predicted octanol–water partition coefficient (Wildman–Crippen LogP) is 4.16. The predicted molar refractivity (Wildman–Crippen MR) is 74.8 cm³/mol. The van der Waals surface area contributed by atoms with Crippen molar-refractivity contribution in [2.75, 3.05) is 0 Å². The first-order valence-corrected chi connectivity index (χ1v) is 5.82. The topological polar surface area (TPSA) is 26.0 Å². The Labute approximate surface area is 105 Å². The zero-order valence-corrected chi connectivity index (χ0v) is 10.8. The molecule has 0 aliphatic rings. The van der Waals surface area contributed by atoms with Crippen LogP contribution in [0.4, 0.5) is 0 Å². The summed E-state index contributed by atoms with van der Waals surface area (Å²) >= 11 is 0. The number of halogens is 1. The van der Waals surface area contributed by atoms with Crippen molar-refractivity contribution in [2.24, 2.45) is 5.73 Å². The summed E-state index contributed by atoms with van der Waals surface area (Å²) in [6, 6.07) is 8.43. The van der Waals surface area contributed by atoms with Gasteiger partial charge in [-0.15, -0.1) is 12.4 Å². The number of nitrogens with two attached hydrogens (primary N) is 1. The van der Waals surface area contributed by atoms with Crippen molar-refractivity contribution in [3.8, 4) is 0 Å². The molecule has 0 bridgehead atoms. The zero-order valence-electron chi connectivity index (χ0n) is 9.99. The van der Waals surface area contributed by atoms with Crippen LogP contribution in [0, 0.1) is 0 Å². The van der Waals surface area contributed by atoms with E-state index >= 15 is 0 Å². The van der Waals surface area contributed by atoms with Crippen molar-refractivity contribution in [3.05, 3.63) is 41.5 Å². The highest BCUT2D eigenvalue weighted by atomic mass is 35.5. The summed E-state index contributed by atoms with van der Waals surface area (Å²) in [7, 11) is 0. The highest BCUT2D eigenvalue weighted by Gasteiger charge is 1.89. The van der Waals surface area contributed by atoms with Gasteiger partial charge in [-0.2, -0.15) is 0 Å². The van der Waals surface area contributed by atoms with Gasteiger partial charge >= 0.3 is 0 Å². The van der Waals surface area contributed by atoms with Crippen LogP contribution in [-0.2, 0) is 6.54 Å². The Balaban J connectivity index is 0.00000225. The molecule has 0 aliphatic heterocycles. The Hall–Kier alpha value is -0.790. The van der Waals surface area contributed by atoms with E-state index in [2.05, 4.69) is 43.3 Å². The SMILES string of the molecule is CCCCC/C=C/c1ccc(CN)cc1.Cl. The molecular weight excluding hydrogens is 218 g/mol. The maximum atomic E-state index is 5.54. The van der Waals surface area contributed by atoms with Crippen LogP contribution in [0.2, 0.25) is 0 Å². The van der Waals surface area contributed by atoms with Crippen molar-refractivity contribution >= 4 is 18.5 Å². The normalized spacial score (nSPS) is 10.4. The lowest BCUT2D eigenvalue weighted by atomic mass is 10.1. The number of hydrogen-bond acceptors (Lipinski definition) is 1. The van der Waals surface area contributed by atoms with Gasteiger partial charge < -0.3 is 5.73 Å². The van der Waals surface area contributed by atoms with E-state index in [4.69, 9.17) is 5.73 Å². The van der Waals surface area contributed by atoms with Gasteiger partial charge in [-0.25, -0.2) is 0 Å². The molecule has 0 heterocycles. The van der Waals surface area contributed by atoms with E-state index in [9.17, 15) is 0 Å². The number of allylic oxidation sites excluding steroid dienone is 1. The van der Waals surface area contributed by atoms with E-state index in [0.29, 0.717) is 6.54 Å². The fourth-order valence-corrected chi connectivity index (χ4v) is 1.50. The molecule has 0 aliphatic carbocycles. The molecule has 90 valence electrons. The molecule has 2 N–H and O–H groups in total. The summed E-state index contributed by atoms with van der Waals surface area (Å²) in [6.07, 6.45) is 9.55. The summed E-state index contributed by atoms with van der Waals surface area (Å²) in [4.78, 5) is 0. The minimum absolute atomic E-state index is 0. The van der Waals surface area contributed by atoms with Crippen LogP contribution in [0.25, 0.3) is 6.08 Å². The monoisotopic (exact) mass is 239 g/mol. The first-order valence-electron chi connectivity index (χ1n) is 5.82. The Morgan fingerprint density at radius 1 is 1.12 bits per heavy atom. The average molecular weight is 240 g/mol. The third-order valence-corrected chi connectivity index (χ3v) is 2.50. The molecular formula is C14H22ClN. The summed E-state index contributed by atoms with van der Waals surface area (Å²) in [5.74, 6) is 0. The molecule has 0 saturated heterocycles. The van der Waals surface area contributed by atoms with Crippen molar-refractivity contribution in [1.82, 2.24) is 0 Å². The molecule has 0 radical (unpaired) electrons. The molecule has 1 aromatic carbocycles. The molecule has 1 rings (SSSR count). The molecule has 16 heavy (non-hydrogen) atoms. The van der Waals surface area contributed by atoms with Crippen molar-refractivity contribution in [3.63, 3.8) is 0 Å². The van der Waals surface area contributed by atoms with E-state index < -0.39 is 0 Å². The van der Waals surface area contributed by atoms with E-state index in [-0.39, 0.29) is 12.4 Å². The van der Waals surface area contributed by atoms with Gasteiger partial charge in [0, 0.05) is 6.54 Å². The summed E-state index contributed by atoms with van der Waals surface area (Å²) in [5, 5.41) is 0. The third kappa shape index (κ3) is 5.94. The summed E-state index contributed by atoms with van der Waals surface area (Å²) in [6.45, 7) is 2.86. The number of unbranched alkanes of at least 4 members (excludes halogenated alkanes) is 3. The number of benzene rings is 1. The van der Waals surface area contributed by atoms with E-state index in [1.54, 1.807) is 0 Å². The fraction of sp³-hybridized carbons (Fsp3) is 0.429. The quantitative estimate of drug-likeness (QED) is 0.742. The Kier molecular flexibility index (Phi) is 8.97. The van der Waals surface area contributed by atoms with Gasteiger partial charge in [-0.1, -0.05) is 56.2 Å². The van der Waals surface area contributed by atoms with Crippen molar-refractivity contribution in [2.45, 2.75) is 39.2 Å². The second-order valence-corrected chi connectivity index (χ2v) is 3.84. The minimum atomic E-state index is 0. The minimum Gasteiger partial charge on any atom is -0.326 e. The van der Waals surface area contributed by atoms with Gasteiger partial charge in [0.15, 0.2) is 0 Å². The number of hydrogen-bond donors (Lipinski definition) is 1. The van der Waals surface area contributed by atoms with E-state index in [1.165, 1.54) is 36.8 Å². The first-order chi connectivity index (χ1) is 7.36. The average Bonchev–Trinajstić information content (AvgIpc) is 2.30. The molecule has 1 nitrogen and oxygen atoms in total. The smallest absolute Gasteiger partial charge is 0.0178 e. The lowest BCUT2D eigenvalue weighted by molar-refractivity contribution is 0.730. The molecule has 0 fully saturated rings. The Morgan fingerprint density at radius 3 is 2.38 bits per heavy atom. The lowest BCUT2D eigenvalue weighted by Crippen LogP contribution is -1.94. The maximum Gasteiger partial charge on any atom is 0.0178 e. The Morgan fingerprint density at radius 2 is 1.81 bits per heavy atom. The van der Waals surface area contributed by atoms with Crippen LogP contribution in [0.5, 0.6) is 0 Å². The van der Waals surface area contributed by atoms with E-state index in [0.717, 1.165) is 0 Å². The van der Waals surface area contributed by atoms with Gasteiger partial charge in [-0.05, 0) is 24.0 Å². The highest BCUT2D eigenvalue weighted by molar-refractivity contribution is 5.85. The second kappa shape index (κ2) is 9.44. The van der Waals surface area contributed by atoms with Gasteiger partial charge in [0.1, 0.15) is 0 Å². The molecule has 0 spiro atoms. The van der Waals surface area contributed by atoms with Crippen molar-refractivity contribution in [1.29, 1.82) is 0 Å². The maximum absolute atomic E-state index is 5.54. The first kappa shape index (κ1) is 15.2. The molecule has 2 heteroatoms. The molecule has 0 unspecified atom stereocenters. The summed E-state index contributed by atoms with van der Waals surface area (Å²) < 4.78 is 0. The van der Waals surface area contributed by atoms with Gasteiger partial charge in [0.05, 0.1) is 0 Å². The van der Waals surface area contributed by atoms with Gasteiger partial charge in [0.25, 0.3) is 0 Å². The van der Waals surface area contributed by atoms with Crippen LogP contribution in [0.3, 0.4) is 0 Å². The van der Waals surface area contributed by atoms with Gasteiger partial charge in [-0.3, -0.25) is 0 Å². The lowest BCUT2D eigenvalue weighted by Gasteiger charge is -1.97. The molecule has 0 atom stereocenters. The van der Waals surface area contributed by atoms with E-state index in [1.807, 2.05) is 0 Å². The molecule has 0 aromatic heterocycles. The van der Waals surface area contributed by atoms with Crippen LogP contribution in [0.1, 0.15) is 43.7 Å². The molecule has 1 aromatic rings. The van der Waals surface area contributed by atoms with Crippen LogP contribution < -0.4 is 5.73 Å². The standard InChI is InChI=1S/C14H21N.ClH/c1-2-3-4-5-6-7-13-8-10-14(12-15)11-9-13;/h6-11H,2-5,12,15H2,1H3;1H/b7-6+;. The summed E-state index contributed by atoms with van der Waals surface area (Å²) in [5.41, 5.74) is 8.00. The van der Waals surface area contributed by atoms with Crippen molar-refractivity contribution < 1.29 is 0 Å². The Bertz CT molecular complexity index is 290. The van der Waals surface area contributed by atoms with Crippen LogP contribution >= 0.6 is 12.4 Å². The third-order valence-electron chi connectivity index (χ3n) is 2.50. The largest absolute Gasteiger partial charge is 0.326 e. The number of rotatable bonds is 6. The van der Waals surface area contributed by atoms with Crippen LogP contribution in [0.15, 0.2) is 30.3 Å². The molecule has 0 amide bonds. The molecule has 0 saturated carbocycles. The second-order valence-electron chi connectivity index (χ2n) is 3.84. The zero-order chi connectivity index (χ0) is 10.9. The fourth-order valence-electron chi connectivity index (χ4n) is 1.50. The van der Waals surface area contributed by atoms with Crippen LogP contribution in [-0.4, -0.2) is 0 Å². The highest BCUT2D eigenvalue weighted by Crippen LogP contribution is 2.07.